The van der Waals surface area contributed by atoms with Crippen LogP contribution in [0, 0.1) is 6.92 Å². The Balaban J connectivity index is 2.37. The number of nitrogens with zero attached hydrogens (tertiary/aromatic N) is 2. The van der Waals surface area contributed by atoms with Crippen LogP contribution in [0.15, 0.2) is 48.5 Å². The first kappa shape index (κ1) is 11.3. The average Bonchev–Trinajstić information content (AvgIpc) is 2.78. The van der Waals surface area contributed by atoms with Crippen molar-refractivity contribution in [2.24, 2.45) is 0 Å². The topological polar surface area (TPSA) is 17.8 Å². The predicted molar refractivity (Wildman–Crippen MR) is 75.4 cm³/mol. The van der Waals surface area contributed by atoms with Crippen molar-refractivity contribution in [3.63, 3.8) is 0 Å². The highest BCUT2D eigenvalue weighted by Crippen LogP contribution is 2.24. The molecule has 2 aromatic carbocycles. The summed E-state index contributed by atoms with van der Waals surface area (Å²) in [6, 6.07) is 16.4. The smallest absolute Gasteiger partial charge is 0.129 e. The second-order valence-electron chi connectivity index (χ2n) is 4.27. The van der Waals surface area contributed by atoms with Gasteiger partial charge in [-0.3, -0.25) is 4.57 Å². The number of hydrogen-bond acceptors (Lipinski definition) is 1. The number of fused-ring (bicyclic) bond motifs is 1. The lowest BCUT2D eigenvalue weighted by molar-refractivity contribution is 0.972. The summed E-state index contributed by atoms with van der Waals surface area (Å²) in [5.74, 6) is 1.29. The van der Waals surface area contributed by atoms with Gasteiger partial charge in [-0.1, -0.05) is 30.3 Å². The summed E-state index contributed by atoms with van der Waals surface area (Å²) in [6.07, 6.45) is 0. The summed E-state index contributed by atoms with van der Waals surface area (Å²) in [6.45, 7) is 2.10. The lowest BCUT2D eigenvalue weighted by Gasteiger charge is -2.10. The van der Waals surface area contributed by atoms with E-state index >= 15 is 0 Å². The highest BCUT2D eigenvalue weighted by molar-refractivity contribution is 6.17. The van der Waals surface area contributed by atoms with Crippen LogP contribution in [0.5, 0.6) is 0 Å². The van der Waals surface area contributed by atoms with Gasteiger partial charge in [-0.25, -0.2) is 4.98 Å². The van der Waals surface area contributed by atoms with Gasteiger partial charge in [-0.05, 0) is 30.7 Å². The first-order chi connectivity index (χ1) is 8.81. The number of alkyl halides is 1. The van der Waals surface area contributed by atoms with Gasteiger partial charge in [0, 0.05) is 0 Å². The number of benzene rings is 2. The van der Waals surface area contributed by atoms with Crippen molar-refractivity contribution >= 4 is 22.6 Å². The monoisotopic (exact) mass is 256 g/mol. The highest BCUT2D eigenvalue weighted by Gasteiger charge is 2.12. The Morgan fingerprint density at radius 2 is 1.78 bits per heavy atom. The second kappa shape index (κ2) is 4.46. The van der Waals surface area contributed by atoms with Crippen LogP contribution in [0.2, 0.25) is 0 Å². The van der Waals surface area contributed by atoms with Crippen molar-refractivity contribution in [1.82, 2.24) is 9.55 Å². The molecule has 0 N–H and O–H groups in total. The van der Waals surface area contributed by atoms with E-state index in [0.717, 1.165) is 22.5 Å². The summed E-state index contributed by atoms with van der Waals surface area (Å²) in [4.78, 5) is 4.58. The van der Waals surface area contributed by atoms with Gasteiger partial charge in [0.05, 0.1) is 22.6 Å². The molecular weight excluding hydrogens is 244 g/mol. The molecule has 3 rings (SSSR count). The molecule has 1 aromatic heterocycles. The Morgan fingerprint density at radius 1 is 1.06 bits per heavy atom. The molecule has 0 spiro atoms. The predicted octanol–water partition coefficient (Wildman–Crippen LogP) is 4.07. The van der Waals surface area contributed by atoms with Crippen LogP contribution in [0.3, 0.4) is 0 Å². The van der Waals surface area contributed by atoms with Gasteiger partial charge < -0.3 is 0 Å². The van der Waals surface area contributed by atoms with Gasteiger partial charge in [0.15, 0.2) is 0 Å². The van der Waals surface area contributed by atoms with E-state index in [9.17, 15) is 0 Å². The zero-order chi connectivity index (χ0) is 12.5. The van der Waals surface area contributed by atoms with E-state index in [4.69, 9.17) is 11.6 Å². The van der Waals surface area contributed by atoms with E-state index in [-0.39, 0.29) is 0 Å². The number of para-hydroxylation sites is 3. The number of hydrogen-bond donors (Lipinski definition) is 0. The van der Waals surface area contributed by atoms with Gasteiger partial charge in [0.2, 0.25) is 0 Å². The molecule has 0 aliphatic carbocycles. The number of imidazole rings is 1. The van der Waals surface area contributed by atoms with Crippen molar-refractivity contribution in [2.75, 3.05) is 0 Å². The molecule has 0 aliphatic rings. The fourth-order valence-electron chi connectivity index (χ4n) is 2.25. The fourth-order valence-corrected chi connectivity index (χ4v) is 2.43. The van der Waals surface area contributed by atoms with Gasteiger partial charge >= 0.3 is 0 Å². The van der Waals surface area contributed by atoms with Crippen molar-refractivity contribution in [3.05, 3.63) is 59.9 Å². The summed E-state index contributed by atoms with van der Waals surface area (Å²) in [7, 11) is 0. The van der Waals surface area contributed by atoms with Gasteiger partial charge in [-0.15, -0.1) is 11.6 Å². The minimum atomic E-state index is 0.406. The van der Waals surface area contributed by atoms with Crippen LogP contribution >= 0.6 is 11.6 Å². The van der Waals surface area contributed by atoms with Crippen molar-refractivity contribution < 1.29 is 0 Å². The van der Waals surface area contributed by atoms with Crippen LogP contribution in [-0.2, 0) is 5.88 Å². The highest BCUT2D eigenvalue weighted by atomic mass is 35.5. The second-order valence-corrected chi connectivity index (χ2v) is 4.54. The fraction of sp³-hybridized carbons (Fsp3) is 0.133. The molecule has 0 saturated heterocycles. The lowest BCUT2D eigenvalue weighted by atomic mass is 10.2. The maximum absolute atomic E-state index is 6.02. The SMILES string of the molecule is Cc1ccccc1-n1c(CCl)nc2ccccc21. The van der Waals surface area contributed by atoms with Gasteiger partial charge in [0.1, 0.15) is 5.82 Å². The molecule has 18 heavy (non-hydrogen) atoms. The molecule has 3 aromatic rings. The van der Waals surface area contributed by atoms with Gasteiger partial charge in [0.25, 0.3) is 0 Å². The first-order valence-electron chi connectivity index (χ1n) is 5.89. The van der Waals surface area contributed by atoms with Gasteiger partial charge in [-0.2, -0.15) is 0 Å². The summed E-state index contributed by atoms with van der Waals surface area (Å²) in [5, 5.41) is 0. The van der Waals surface area contributed by atoms with E-state index in [0.29, 0.717) is 5.88 Å². The quantitative estimate of drug-likeness (QED) is 0.632. The minimum Gasteiger partial charge on any atom is -0.295 e. The molecule has 0 fully saturated rings. The third kappa shape index (κ3) is 1.70. The molecule has 2 nitrogen and oxygen atoms in total. The Kier molecular flexibility index (Phi) is 2.80. The Morgan fingerprint density at radius 3 is 2.56 bits per heavy atom. The molecule has 0 radical (unpaired) electrons. The molecule has 90 valence electrons. The molecule has 0 atom stereocenters. The zero-order valence-corrected chi connectivity index (χ0v) is 10.9. The summed E-state index contributed by atoms with van der Waals surface area (Å²) < 4.78 is 2.14. The van der Waals surface area contributed by atoms with Crippen molar-refractivity contribution in [2.45, 2.75) is 12.8 Å². The lowest BCUT2D eigenvalue weighted by Crippen LogP contribution is -2.01. The largest absolute Gasteiger partial charge is 0.295 e. The van der Waals surface area contributed by atoms with E-state index in [1.807, 2.05) is 30.3 Å². The van der Waals surface area contributed by atoms with Crippen LogP contribution < -0.4 is 0 Å². The molecule has 0 bridgehead atoms. The third-order valence-corrected chi connectivity index (χ3v) is 3.35. The van der Waals surface area contributed by atoms with Crippen LogP contribution in [-0.4, -0.2) is 9.55 Å². The molecule has 0 aliphatic heterocycles. The number of halogens is 1. The number of aromatic nitrogens is 2. The van der Waals surface area contributed by atoms with E-state index in [1.54, 1.807) is 0 Å². The van der Waals surface area contributed by atoms with E-state index in [2.05, 4.69) is 34.7 Å². The normalized spacial score (nSPS) is 11.0. The van der Waals surface area contributed by atoms with Crippen molar-refractivity contribution in [1.29, 1.82) is 0 Å². The molecule has 0 saturated carbocycles. The maximum atomic E-state index is 6.02. The first-order valence-corrected chi connectivity index (χ1v) is 6.43. The molecule has 0 amide bonds. The maximum Gasteiger partial charge on any atom is 0.129 e. The van der Waals surface area contributed by atoms with E-state index in [1.165, 1.54) is 5.56 Å². The average molecular weight is 257 g/mol. The third-order valence-electron chi connectivity index (χ3n) is 3.11. The number of aryl methyl sites for hydroxylation is 1. The zero-order valence-electron chi connectivity index (χ0n) is 10.1. The standard InChI is InChI=1S/C15H13ClN2/c1-11-6-2-4-8-13(11)18-14-9-5-3-7-12(14)17-15(18)10-16/h2-9H,10H2,1H3. The Labute approximate surface area is 111 Å². The minimum absolute atomic E-state index is 0.406. The van der Waals surface area contributed by atoms with Crippen LogP contribution in [0.1, 0.15) is 11.4 Å². The molecule has 3 heteroatoms. The number of rotatable bonds is 2. The Bertz CT molecular complexity index is 701. The Hall–Kier alpha value is -1.80. The van der Waals surface area contributed by atoms with E-state index < -0.39 is 0 Å². The summed E-state index contributed by atoms with van der Waals surface area (Å²) >= 11 is 6.02. The van der Waals surface area contributed by atoms with Crippen LogP contribution in [0.4, 0.5) is 0 Å². The van der Waals surface area contributed by atoms with Crippen molar-refractivity contribution in [3.8, 4) is 5.69 Å². The van der Waals surface area contributed by atoms with Crippen LogP contribution in [0.25, 0.3) is 16.7 Å². The summed E-state index contributed by atoms with van der Waals surface area (Å²) in [5.41, 5.74) is 4.44. The molecular formula is C15H13ClN2. The molecule has 1 heterocycles. The molecule has 0 unspecified atom stereocenters.